The molecule has 0 aliphatic heterocycles. The molecule has 0 radical (unpaired) electrons. The predicted octanol–water partition coefficient (Wildman–Crippen LogP) is 4.59. The zero-order valence-electron chi connectivity index (χ0n) is 18.1. The van der Waals surface area contributed by atoms with E-state index in [1.165, 1.54) is 35.8 Å². The molecule has 32 heavy (non-hydrogen) atoms. The van der Waals surface area contributed by atoms with Gasteiger partial charge in [-0.2, -0.15) is 0 Å². The maximum atomic E-state index is 13.6. The van der Waals surface area contributed by atoms with Crippen molar-refractivity contribution in [1.82, 2.24) is 4.57 Å². The number of hydrogen-bond donors (Lipinski definition) is 1. The maximum Gasteiger partial charge on any atom is 0.305 e. The molecule has 0 bridgehead atoms. The molecule has 0 fully saturated rings. The molecule has 3 aromatic rings. The summed E-state index contributed by atoms with van der Waals surface area (Å²) in [5, 5.41) is 10.8. The Morgan fingerprint density at radius 1 is 1.09 bits per heavy atom. The molecule has 7 heteroatoms. The summed E-state index contributed by atoms with van der Waals surface area (Å²) in [5.41, 5.74) is 1.46. The fourth-order valence-corrected chi connectivity index (χ4v) is 3.40. The summed E-state index contributed by atoms with van der Waals surface area (Å²) < 4.78 is 26.0. The second-order valence-electron chi connectivity index (χ2n) is 7.30. The topological polar surface area (TPSA) is 77.8 Å². The quantitative estimate of drug-likeness (QED) is 0.494. The van der Waals surface area contributed by atoms with Crippen molar-refractivity contribution in [3.63, 3.8) is 0 Å². The van der Waals surface area contributed by atoms with Crippen LogP contribution >= 0.6 is 0 Å². The summed E-state index contributed by atoms with van der Waals surface area (Å²) in [6, 6.07) is 15.0. The van der Waals surface area contributed by atoms with Gasteiger partial charge in [0.2, 0.25) is 0 Å². The molecule has 168 valence electrons. The molecule has 2 aromatic carbocycles. The fraction of sp³-hybridized carbons (Fsp3) is 0.280. The van der Waals surface area contributed by atoms with E-state index in [4.69, 9.17) is 9.47 Å². The average Bonchev–Trinajstić information content (AvgIpc) is 2.80. The van der Waals surface area contributed by atoms with Crippen LogP contribution in [0.2, 0.25) is 0 Å². The van der Waals surface area contributed by atoms with Gasteiger partial charge in [-0.3, -0.25) is 9.59 Å². The Morgan fingerprint density at radius 2 is 1.78 bits per heavy atom. The molecule has 0 saturated carbocycles. The Labute approximate surface area is 185 Å². The molecule has 0 amide bonds. The Balaban J connectivity index is 2.05. The van der Waals surface area contributed by atoms with Crippen LogP contribution in [0.1, 0.15) is 30.9 Å². The smallest absolute Gasteiger partial charge is 0.305 e. The molecule has 0 atom stereocenters. The van der Waals surface area contributed by atoms with Crippen LogP contribution in [0, 0.1) is 12.7 Å². The van der Waals surface area contributed by atoms with Crippen molar-refractivity contribution in [3.05, 3.63) is 81.9 Å². The minimum atomic E-state index is -0.423. The minimum Gasteiger partial charge on any atom is -0.504 e. The van der Waals surface area contributed by atoms with Crippen molar-refractivity contribution >= 4 is 5.97 Å². The predicted molar refractivity (Wildman–Crippen MR) is 119 cm³/mol. The average molecular weight is 439 g/mol. The van der Waals surface area contributed by atoms with Gasteiger partial charge in [0.25, 0.3) is 5.56 Å². The van der Waals surface area contributed by atoms with Gasteiger partial charge in [-0.25, -0.2) is 4.39 Å². The molecular formula is C25H26FNO5. The molecular weight excluding hydrogens is 413 g/mol. The number of carbonyl (C=O) groups is 1. The fourth-order valence-electron chi connectivity index (χ4n) is 3.40. The van der Waals surface area contributed by atoms with Crippen LogP contribution in [-0.4, -0.2) is 22.2 Å². The number of ether oxygens (including phenoxy) is 2. The molecule has 0 aliphatic rings. The van der Waals surface area contributed by atoms with E-state index in [0.717, 1.165) is 5.56 Å². The second kappa shape index (κ2) is 10.6. The normalized spacial score (nSPS) is 10.7. The number of halogens is 1. The summed E-state index contributed by atoms with van der Waals surface area (Å²) in [7, 11) is 0. The molecule has 6 nitrogen and oxygen atoms in total. The van der Waals surface area contributed by atoms with Crippen molar-refractivity contribution in [1.29, 1.82) is 0 Å². The van der Waals surface area contributed by atoms with E-state index in [9.17, 15) is 19.1 Å². The third kappa shape index (κ3) is 5.35. The van der Waals surface area contributed by atoms with Gasteiger partial charge in [-0.1, -0.05) is 30.3 Å². The van der Waals surface area contributed by atoms with E-state index in [1.54, 1.807) is 6.92 Å². The lowest BCUT2D eigenvalue weighted by Gasteiger charge is -2.20. The van der Waals surface area contributed by atoms with Crippen LogP contribution < -0.4 is 10.3 Å². The standard InChI is InChI=1S/C25H26FNO5/c1-3-31-21(28)10-7-15-27-22(19-11-13-20(26)14-12-19)24(23(29)17(2)25(27)30)32-16-18-8-5-4-6-9-18/h4-6,8-9,11-14,29H,3,7,10,15-16H2,1-2H3. The van der Waals surface area contributed by atoms with Crippen molar-refractivity contribution in [2.45, 2.75) is 39.8 Å². The van der Waals surface area contributed by atoms with Gasteiger partial charge in [-0.05, 0) is 50.1 Å². The molecule has 0 spiro atoms. The zero-order chi connectivity index (χ0) is 23.1. The van der Waals surface area contributed by atoms with Gasteiger partial charge in [-0.15, -0.1) is 0 Å². The zero-order valence-corrected chi connectivity index (χ0v) is 18.1. The number of aromatic nitrogens is 1. The minimum absolute atomic E-state index is 0.133. The molecule has 0 unspecified atom stereocenters. The molecule has 3 rings (SSSR count). The van der Waals surface area contributed by atoms with Gasteiger partial charge in [0.1, 0.15) is 12.4 Å². The third-order valence-corrected chi connectivity index (χ3v) is 5.03. The third-order valence-electron chi connectivity index (χ3n) is 5.03. The molecule has 1 aromatic heterocycles. The van der Waals surface area contributed by atoms with Gasteiger partial charge in [0, 0.05) is 18.5 Å². The first kappa shape index (κ1) is 23.1. The SMILES string of the molecule is CCOC(=O)CCCn1c(-c2ccc(F)cc2)c(OCc2ccccc2)c(O)c(C)c1=O. The lowest BCUT2D eigenvalue weighted by molar-refractivity contribution is -0.143. The van der Waals surface area contributed by atoms with Crippen molar-refractivity contribution in [3.8, 4) is 22.8 Å². The van der Waals surface area contributed by atoms with Crippen molar-refractivity contribution < 1.29 is 23.8 Å². The van der Waals surface area contributed by atoms with Gasteiger partial charge < -0.3 is 19.1 Å². The van der Waals surface area contributed by atoms with E-state index in [1.807, 2.05) is 30.3 Å². The van der Waals surface area contributed by atoms with Crippen molar-refractivity contribution in [2.75, 3.05) is 6.61 Å². The number of esters is 1. The first-order valence-electron chi connectivity index (χ1n) is 10.5. The highest BCUT2D eigenvalue weighted by atomic mass is 19.1. The van der Waals surface area contributed by atoms with Crippen molar-refractivity contribution in [2.24, 2.45) is 0 Å². The molecule has 0 aliphatic carbocycles. The maximum absolute atomic E-state index is 13.6. The van der Waals surface area contributed by atoms with Crippen LogP contribution in [0.25, 0.3) is 11.3 Å². The Bertz CT molecular complexity index is 1120. The molecule has 1 heterocycles. The number of benzene rings is 2. The highest BCUT2D eigenvalue weighted by molar-refractivity contribution is 5.72. The van der Waals surface area contributed by atoms with Gasteiger partial charge >= 0.3 is 5.97 Å². The van der Waals surface area contributed by atoms with E-state index < -0.39 is 11.4 Å². The monoisotopic (exact) mass is 439 g/mol. The summed E-state index contributed by atoms with van der Waals surface area (Å²) in [6.45, 7) is 3.91. The lowest BCUT2D eigenvalue weighted by Crippen LogP contribution is -2.25. The summed E-state index contributed by atoms with van der Waals surface area (Å²) in [6.07, 6.45) is 0.499. The molecule has 1 N–H and O–H groups in total. The van der Waals surface area contributed by atoms with Crippen LogP contribution in [0.3, 0.4) is 0 Å². The second-order valence-corrected chi connectivity index (χ2v) is 7.30. The van der Waals surface area contributed by atoms with Crippen LogP contribution in [0.5, 0.6) is 11.5 Å². The number of pyridine rings is 1. The summed E-state index contributed by atoms with van der Waals surface area (Å²) in [4.78, 5) is 24.8. The number of nitrogens with zero attached hydrogens (tertiary/aromatic N) is 1. The lowest BCUT2D eigenvalue weighted by atomic mass is 10.1. The van der Waals surface area contributed by atoms with Gasteiger partial charge in [0.05, 0.1) is 17.9 Å². The first-order valence-corrected chi connectivity index (χ1v) is 10.5. The number of rotatable bonds is 9. The van der Waals surface area contributed by atoms with E-state index >= 15 is 0 Å². The molecule has 0 saturated heterocycles. The largest absolute Gasteiger partial charge is 0.504 e. The number of carbonyl (C=O) groups excluding carboxylic acids is 1. The summed E-state index contributed by atoms with van der Waals surface area (Å²) in [5.74, 6) is -0.895. The number of aromatic hydroxyl groups is 1. The van der Waals surface area contributed by atoms with Crippen LogP contribution in [-0.2, 0) is 22.7 Å². The van der Waals surface area contributed by atoms with E-state index in [2.05, 4.69) is 0 Å². The Hall–Kier alpha value is -3.61. The highest BCUT2D eigenvalue weighted by Gasteiger charge is 2.22. The first-order chi connectivity index (χ1) is 15.4. The van der Waals surface area contributed by atoms with E-state index in [-0.39, 0.29) is 49.2 Å². The number of hydrogen-bond acceptors (Lipinski definition) is 5. The Kier molecular flexibility index (Phi) is 7.65. The highest BCUT2D eigenvalue weighted by Crippen LogP contribution is 2.39. The Morgan fingerprint density at radius 3 is 2.44 bits per heavy atom. The van der Waals surface area contributed by atoms with Crippen LogP contribution in [0.4, 0.5) is 4.39 Å². The van der Waals surface area contributed by atoms with E-state index in [0.29, 0.717) is 17.7 Å². The van der Waals surface area contributed by atoms with Crippen LogP contribution in [0.15, 0.2) is 59.4 Å². The summed E-state index contributed by atoms with van der Waals surface area (Å²) >= 11 is 0. The van der Waals surface area contributed by atoms with Gasteiger partial charge in [0.15, 0.2) is 11.5 Å².